The lowest BCUT2D eigenvalue weighted by Gasteiger charge is -2.13. The summed E-state index contributed by atoms with van der Waals surface area (Å²) in [5, 5.41) is 9.03. The number of hydrogen-bond donors (Lipinski definition) is 2. The van der Waals surface area contributed by atoms with Crippen LogP contribution in [0.2, 0.25) is 0 Å². The van der Waals surface area contributed by atoms with Gasteiger partial charge in [0.15, 0.2) is 0 Å². The number of benzene rings is 2. The van der Waals surface area contributed by atoms with E-state index in [1.165, 1.54) is 18.5 Å². The molecule has 2 aromatic carbocycles. The SMILES string of the molecule is CC(NC(=O)C(=O)Nc1ncn(Cc2ccccc2)n1)c1ccc(F)cc1. The average Bonchev–Trinajstić information content (AvgIpc) is 3.09. The standard InChI is InChI=1S/C19H18FN5O2/c1-13(15-7-9-16(20)10-8-15)22-17(26)18(27)23-19-21-12-25(24-19)11-14-5-3-2-4-6-14/h2-10,12-13H,11H2,1H3,(H,22,26)(H,23,24,27). The van der Waals surface area contributed by atoms with Gasteiger partial charge in [-0.25, -0.2) is 14.1 Å². The van der Waals surface area contributed by atoms with Gasteiger partial charge in [0.1, 0.15) is 12.1 Å². The van der Waals surface area contributed by atoms with Crippen LogP contribution in [-0.4, -0.2) is 26.6 Å². The van der Waals surface area contributed by atoms with Crippen LogP contribution in [-0.2, 0) is 16.1 Å². The largest absolute Gasteiger partial charge is 0.341 e. The molecular formula is C19H18FN5O2. The number of nitrogens with one attached hydrogen (secondary N) is 2. The number of hydrogen-bond acceptors (Lipinski definition) is 4. The maximum Gasteiger partial charge on any atom is 0.316 e. The molecule has 0 saturated carbocycles. The van der Waals surface area contributed by atoms with E-state index < -0.39 is 17.9 Å². The van der Waals surface area contributed by atoms with Crippen LogP contribution in [0.15, 0.2) is 60.9 Å². The molecule has 1 unspecified atom stereocenters. The third-order valence-corrected chi connectivity index (χ3v) is 3.87. The monoisotopic (exact) mass is 367 g/mol. The van der Waals surface area contributed by atoms with Crippen molar-refractivity contribution in [2.75, 3.05) is 5.32 Å². The highest BCUT2D eigenvalue weighted by atomic mass is 19.1. The van der Waals surface area contributed by atoms with Gasteiger partial charge in [-0.15, -0.1) is 5.10 Å². The Bertz CT molecular complexity index is 925. The van der Waals surface area contributed by atoms with Crippen molar-refractivity contribution in [3.63, 3.8) is 0 Å². The lowest BCUT2D eigenvalue weighted by Crippen LogP contribution is -2.37. The Hall–Kier alpha value is -3.55. The van der Waals surface area contributed by atoms with Crippen LogP contribution in [0, 0.1) is 5.82 Å². The molecule has 0 saturated heterocycles. The first-order chi connectivity index (χ1) is 13.0. The molecule has 7 nitrogen and oxygen atoms in total. The van der Waals surface area contributed by atoms with Gasteiger partial charge in [-0.3, -0.25) is 14.9 Å². The second-order valence-corrected chi connectivity index (χ2v) is 5.95. The fourth-order valence-corrected chi connectivity index (χ4v) is 2.45. The highest BCUT2D eigenvalue weighted by molar-refractivity contribution is 6.39. The van der Waals surface area contributed by atoms with Crippen LogP contribution in [0.4, 0.5) is 10.3 Å². The Kier molecular flexibility index (Phi) is 5.55. The van der Waals surface area contributed by atoms with E-state index in [2.05, 4.69) is 20.7 Å². The van der Waals surface area contributed by atoms with Crippen molar-refractivity contribution in [2.45, 2.75) is 19.5 Å². The van der Waals surface area contributed by atoms with Crippen molar-refractivity contribution in [3.05, 3.63) is 77.9 Å². The molecular weight excluding hydrogens is 349 g/mol. The molecule has 0 radical (unpaired) electrons. The molecule has 2 N–H and O–H groups in total. The summed E-state index contributed by atoms with van der Waals surface area (Å²) in [5.74, 6) is -2.03. The first-order valence-electron chi connectivity index (χ1n) is 8.32. The molecule has 0 aliphatic carbocycles. The molecule has 138 valence electrons. The highest BCUT2D eigenvalue weighted by Crippen LogP contribution is 2.12. The summed E-state index contributed by atoms with van der Waals surface area (Å²) in [7, 11) is 0. The van der Waals surface area contributed by atoms with Crippen LogP contribution < -0.4 is 10.6 Å². The normalized spacial score (nSPS) is 11.6. The Morgan fingerprint density at radius 3 is 2.48 bits per heavy atom. The third-order valence-electron chi connectivity index (χ3n) is 3.87. The van der Waals surface area contributed by atoms with Gasteiger partial charge in [0.05, 0.1) is 12.6 Å². The molecule has 3 aromatic rings. The molecule has 0 fully saturated rings. The Morgan fingerprint density at radius 2 is 1.78 bits per heavy atom. The minimum absolute atomic E-state index is 0.0421. The number of halogens is 1. The number of aromatic nitrogens is 3. The first-order valence-corrected chi connectivity index (χ1v) is 8.32. The number of amides is 2. The highest BCUT2D eigenvalue weighted by Gasteiger charge is 2.18. The number of rotatable bonds is 5. The Labute approximate surface area is 155 Å². The maximum atomic E-state index is 13.0. The van der Waals surface area contributed by atoms with E-state index in [0.29, 0.717) is 12.1 Å². The molecule has 0 bridgehead atoms. The van der Waals surface area contributed by atoms with Crippen molar-refractivity contribution < 1.29 is 14.0 Å². The van der Waals surface area contributed by atoms with Gasteiger partial charge in [-0.1, -0.05) is 42.5 Å². The van der Waals surface area contributed by atoms with E-state index in [1.807, 2.05) is 30.3 Å². The topological polar surface area (TPSA) is 88.9 Å². The molecule has 1 heterocycles. The van der Waals surface area contributed by atoms with Crippen LogP contribution in [0.1, 0.15) is 24.1 Å². The predicted octanol–water partition coefficient (Wildman–Crippen LogP) is 2.28. The number of carbonyl (C=O) groups is 2. The average molecular weight is 367 g/mol. The van der Waals surface area contributed by atoms with Crippen molar-refractivity contribution >= 4 is 17.8 Å². The fourth-order valence-electron chi connectivity index (χ4n) is 2.45. The van der Waals surface area contributed by atoms with Gasteiger partial charge in [-0.2, -0.15) is 0 Å². The first kappa shape index (κ1) is 18.2. The van der Waals surface area contributed by atoms with Crippen LogP contribution >= 0.6 is 0 Å². The van der Waals surface area contributed by atoms with E-state index in [9.17, 15) is 14.0 Å². The summed E-state index contributed by atoms with van der Waals surface area (Å²) in [6, 6.07) is 14.9. The van der Waals surface area contributed by atoms with Gasteiger partial charge < -0.3 is 5.32 Å². The quantitative estimate of drug-likeness (QED) is 0.677. The molecule has 27 heavy (non-hydrogen) atoms. The van der Waals surface area contributed by atoms with E-state index >= 15 is 0 Å². The van der Waals surface area contributed by atoms with E-state index in [0.717, 1.165) is 5.56 Å². The molecule has 3 rings (SSSR count). The Morgan fingerprint density at radius 1 is 1.07 bits per heavy atom. The Balaban J connectivity index is 1.55. The van der Waals surface area contributed by atoms with E-state index in [1.54, 1.807) is 23.7 Å². The van der Waals surface area contributed by atoms with Crippen molar-refractivity contribution in [1.29, 1.82) is 0 Å². The van der Waals surface area contributed by atoms with Gasteiger partial charge in [0.2, 0.25) is 5.95 Å². The van der Waals surface area contributed by atoms with Gasteiger partial charge in [0.25, 0.3) is 0 Å². The maximum absolute atomic E-state index is 13.0. The third kappa shape index (κ3) is 4.97. The van der Waals surface area contributed by atoms with Crippen molar-refractivity contribution in [1.82, 2.24) is 20.1 Å². The van der Waals surface area contributed by atoms with Crippen molar-refractivity contribution in [3.8, 4) is 0 Å². The van der Waals surface area contributed by atoms with Gasteiger partial charge in [0, 0.05) is 0 Å². The molecule has 0 aliphatic rings. The lowest BCUT2D eigenvalue weighted by molar-refractivity contribution is -0.136. The van der Waals surface area contributed by atoms with Crippen LogP contribution in [0.5, 0.6) is 0 Å². The predicted molar refractivity (Wildman–Crippen MR) is 97.2 cm³/mol. The number of nitrogens with zero attached hydrogens (tertiary/aromatic N) is 3. The molecule has 1 aromatic heterocycles. The van der Waals surface area contributed by atoms with Crippen LogP contribution in [0.3, 0.4) is 0 Å². The van der Waals surface area contributed by atoms with Gasteiger partial charge in [-0.05, 0) is 30.2 Å². The second kappa shape index (κ2) is 8.22. The summed E-state index contributed by atoms with van der Waals surface area (Å²) in [6.07, 6.45) is 1.47. The van der Waals surface area contributed by atoms with Crippen molar-refractivity contribution in [2.24, 2.45) is 0 Å². The summed E-state index contributed by atoms with van der Waals surface area (Å²) >= 11 is 0. The fraction of sp³-hybridized carbons (Fsp3) is 0.158. The molecule has 1 atom stereocenters. The zero-order chi connectivity index (χ0) is 19.2. The number of anilines is 1. The summed E-state index contributed by atoms with van der Waals surface area (Å²) in [4.78, 5) is 28.0. The molecule has 0 aliphatic heterocycles. The summed E-state index contributed by atoms with van der Waals surface area (Å²) in [5.41, 5.74) is 1.72. The van der Waals surface area contributed by atoms with E-state index in [4.69, 9.17) is 0 Å². The van der Waals surface area contributed by atoms with E-state index in [-0.39, 0.29) is 11.8 Å². The smallest absolute Gasteiger partial charge is 0.316 e. The summed E-state index contributed by atoms with van der Waals surface area (Å²) < 4.78 is 14.5. The van der Waals surface area contributed by atoms with Crippen LogP contribution in [0.25, 0.3) is 0 Å². The molecule has 8 heteroatoms. The minimum Gasteiger partial charge on any atom is -0.341 e. The number of carbonyl (C=O) groups excluding carboxylic acids is 2. The molecule has 0 spiro atoms. The second-order valence-electron chi connectivity index (χ2n) is 5.95. The molecule has 2 amide bonds. The van der Waals surface area contributed by atoms with Gasteiger partial charge >= 0.3 is 11.8 Å². The lowest BCUT2D eigenvalue weighted by atomic mass is 10.1. The zero-order valence-electron chi connectivity index (χ0n) is 14.6. The minimum atomic E-state index is -0.874. The summed E-state index contributed by atoms with van der Waals surface area (Å²) in [6.45, 7) is 2.20. The zero-order valence-corrected chi connectivity index (χ0v) is 14.6.